The van der Waals surface area contributed by atoms with Crippen molar-refractivity contribution < 1.29 is 9.13 Å². The highest BCUT2D eigenvalue weighted by atomic mass is 19.1. The Kier molecular flexibility index (Phi) is 5.08. The first-order chi connectivity index (χ1) is 8.83. The Morgan fingerprint density at radius 2 is 2.28 bits per heavy atom. The molecule has 1 N–H and O–H groups in total. The highest BCUT2D eigenvalue weighted by Gasteiger charge is 2.26. The van der Waals surface area contributed by atoms with Crippen LogP contribution in [-0.2, 0) is 4.74 Å². The third-order valence-corrected chi connectivity index (χ3v) is 3.49. The lowest BCUT2D eigenvalue weighted by Crippen LogP contribution is -2.33. The summed E-state index contributed by atoms with van der Waals surface area (Å²) in [4.78, 5) is 3.83. The molecule has 18 heavy (non-hydrogen) atoms. The maximum atomic E-state index is 13.9. The van der Waals surface area contributed by atoms with Crippen LogP contribution in [0.4, 0.5) is 4.39 Å². The van der Waals surface area contributed by atoms with E-state index in [-0.39, 0.29) is 11.9 Å². The number of nitrogens with one attached hydrogen (secondary N) is 1. The van der Waals surface area contributed by atoms with E-state index in [2.05, 4.69) is 17.2 Å². The summed E-state index contributed by atoms with van der Waals surface area (Å²) >= 11 is 0. The van der Waals surface area contributed by atoms with Gasteiger partial charge in [0.25, 0.3) is 0 Å². The van der Waals surface area contributed by atoms with Crippen molar-refractivity contribution in [2.45, 2.75) is 32.2 Å². The largest absolute Gasteiger partial charge is 0.381 e. The molecule has 4 heteroatoms. The van der Waals surface area contributed by atoms with Gasteiger partial charge in [-0.2, -0.15) is 0 Å². The maximum absolute atomic E-state index is 13.9. The van der Waals surface area contributed by atoms with Crippen LogP contribution >= 0.6 is 0 Å². The molecule has 1 aliphatic rings. The van der Waals surface area contributed by atoms with Crippen molar-refractivity contribution in [1.29, 1.82) is 0 Å². The number of hydrogen-bond donors (Lipinski definition) is 1. The molecule has 0 aliphatic carbocycles. The van der Waals surface area contributed by atoms with E-state index in [1.807, 2.05) is 0 Å². The number of pyridine rings is 1. The van der Waals surface area contributed by atoms with Gasteiger partial charge in [0.05, 0.1) is 6.20 Å². The average Bonchev–Trinajstić information content (AvgIpc) is 2.42. The van der Waals surface area contributed by atoms with Crippen LogP contribution in [0.3, 0.4) is 0 Å². The number of hydrogen-bond acceptors (Lipinski definition) is 3. The molecule has 0 radical (unpaired) electrons. The Morgan fingerprint density at radius 1 is 1.50 bits per heavy atom. The molecule has 1 aromatic heterocycles. The molecule has 0 aromatic carbocycles. The van der Waals surface area contributed by atoms with Gasteiger partial charge in [0.1, 0.15) is 5.82 Å². The molecule has 1 unspecified atom stereocenters. The molecule has 2 heterocycles. The fourth-order valence-corrected chi connectivity index (χ4v) is 2.52. The van der Waals surface area contributed by atoms with E-state index in [0.29, 0.717) is 5.92 Å². The smallest absolute Gasteiger partial charge is 0.146 e. The van der Waals surface area contributed by atoms with Crippen molar-refractivity contribution >= 4 is 0 Å². The zero-order chi connectivity index (χ0) is 12.8. The van der Waals surface area contributed by atoms with Crippen LogP contribution in [0.15, 0.2) is 18.5 Å². The Bertz CT molecular complexity index is 367. The van der Waals surface area contributed by atoms with Crippen molar-refractivity contribution in [3.8, 4) is 0 Å². The molecular weight excluding hydrogens is 231 g/mol. The van der Waals surface area contributed by atoms with Crippen LogP contribution in [-0.4, -0.2) is 24.7 Å². The monoisotopic (exact) mass is 252 g/mol. The van der Waals surface area contributed by atoms with Crippen molar-refractivity contribution in [3.63, 3.8) is 0 Å². The summed E-state index contributed by atoms with van der Waals surface area (Å²) in [6.45, 7) is 4.59. The summed E-state index contributed by atoms with van der Waals surface area (Å²) in [7, 11) is 0. The predicted octanol–water partition coefficient (Wildman–Crippen LogP) is 2.69. The van der Waals surface area contributed by atoms with Crippen LogP contribution in [0.25, 0.3) is 0 Å². The second-order valence-corrected chi connectivity index (χ2v) is 4.78. The van der Waals surface area contributed by atoms with Crippen molar-refractivity contribution in [3.05, 3.63) is 29.8 Å². The molecule has 1 fully saturated rings. The predicted molar refractivity (Wildman–Crippen MR) is 68.8 cm³/mol. The van der Waals surface area contributed by atoms with Gasteiger partial charge in [0.15, 0.2) is 0 Å². The van der Waals surface area contributed by atoms with Crippen LogP contribution in [0.1, 0.15) is 37.8 Å². The first-order valence-corrected chi connectivity index (χ1v) is 6.73. The zero-order valence-electron chi connectivity index (χ0n) is 10.9. The van der Waals surface area contributed by atoms with E-state index < -0.39 is 0 Å². The minimum absolute atomic E-state index is 0.0804. The summed E-state index contributed by atoms with van der Waals surface area (Å²) in [6, 6.07) is 1.87. The van der Waals surface area contributed by atoms with Crippen LogP contribution in [0.5, 0.6) is 0 Å². The summed E-state index contributed by atoms with van der Waals surface area (Å²) < 4.78 is 19.3. The van der Waals surface area contributed by atoms with Crippen LogP contribution < -0.4 is 5.32 Å². The Hall–Kier alpha value is -1.00. The van der Waals surface area contributed by atoms with Gasteiger partial charge in [-0.15, -0.1) is 0 Å². The Labute approximate surface area is 108 Å². The fraction of sp³-hybridized carbons (Fsp3) is 0.643. The topological polar surface area (TPSA) is 34.2 Å². The average molecular weight is 252 g/mol. The second kappa shape index (κ2) is 6.81. The molecule has 3 nitrogen and oxygen atoms in total. The van der Waals surface area contributed by atoms with E-state index in [1.165, 1.54) is 6.20 Å². The van der Waals surface area contributed by atoms with Gasteiger partial charge in [0.2, 0.25) is 0 Å². The lowest BCUT2D eigenvalue weighted by molar-refractivity contribution is 0.0531. The van der Waals surface area contributed by atoms with Crippen molar-refractivity contribution in [1.82, 2.24) is 10.3 Å². The zero-order valence-corrected chi connectivity index (χ0v) is 10.9. The van der Waals surface area contributed by atoms with Gasteiger partial charge >= 0.3 is 0 Å². The van der Waals surface area contributed by atoms with Gasteiger partial charge in [-0.25, -0.2) is 4.39 Å². The third-order valence-electron chi connectivity index (χ3n) is 3.49. The van der Waals surface area contributed by atoms with Crippen molar-refractivity contribution in [2.24, 2.45) is 5.92 Å². The lowest BCUT2D eigenvalue weighted by Gasteiger charge is -2.31. The van der Waals surface area contributed by atoms with Gasteiger partial charge in [-0.3, -0.25) is 4.98 Å². The van der Waals surface area contributed by atoms with Gasteiger partial charge in [0, 0.05) is 31.0 Å². The Balaban J connectivity index is 2.15. The molecule has 0 bridgehead atoms. The summed E-state index contributed by atoms with van der Waals surface area (Å²) in [5.74, 6) is 0.236. The fourth-order valence-electron chi connectivity index (χ4n) is 2.52. The number of halogens is 1. The van der Waals surface area contributed by atoms with E-state index >= 15 is 0 Å². The maximum Gasteiger partial charge on any atom is 0.146 e. The van der Waals surface area contributed by atoms with Gasteiger partial charge in [-0.1, -0.05) is 6.92 Å². The number of nitrogens with zero attached hydrogens (tertiary/aromatic N) is 1. The summed E-state index contributed by atoms with van der Waals surface area (Å²) in [5.41, 5.74) is 0.741. The second-order valence-electron chi connectivity index (χ2n) is 4.78. The van der Waals surface area contributed by atoms with Gasteiger partial charge < -0.3 is 10.1 Å². The molecule has 2 rings (SSSR count). The van der Waals surface area contributed by atoms with Gasteiger partial charge in [-0.05, 0) is 37.8 Å². The first kappa shape index (κ1) is 13.4. The molecule has 0 saturated carbocycles. The minimum Gasteiger partial charge on any atom is -0.381 e. The standard InChI is InChI=1S/C14H21FN2O/c1-2-6-17-14(11-4-8-18-9-5-11)12-3-7-16-10-13(12)15/h3,7,10-11,14,17H,2,4-6,8-9H2,1H3. The highest BCUT2D eigenvalue weighted by molar-refractivity contribution is 5.18. The third kappa shape index (κ3) is 3.27. The molecule has 0 spiro atoms. The Morgan fingerprint density at radius 3 is 2.94 bits per heavy atom. The molecule has 1 saturated heterocycles. The highest BCUT2D eigenvalue weighted by Crippen LogP contribution is 2.31. The normalized spacial score (nSPS) is 18.8. The van der Waals surface area contributed by atoms with Crippen LogP contribution in [0, 0.1) is 11.7 Å². The molecule has 0 amide bonds. The van der Waals surface area contributed by atoms with E-state index in [1.54, 1.807) is 12.3 Å². The number of ether oxygens (including phenoxy) is 1. The minimum atomic E-state index is -0.211. The lowest BCUT2D eigenvalue weighted by atomic mass is 9.87. The van der Waals surface area contributed by atoms with E-state index in [9.17, 15) is 4.39 Å². The number of aromatic nitrogens is 1. The molecule has 100 valence electrons. The van der Waals surface area contributed by atoms with E-state index in [4.69, 9.17) is 4.74 Å². The summed E-state index contributed by atoms with van der Waals surface area (Å²) in [5, 5.41) is 3.47. The molecular formula is C14H21FN2O. The molecule has 1 aromatic rings. The van der Waals surface area contributed by atoms with Crippen molar-refractivity contribution in [2.75, 3.05) is 19.8 Å². The SMILES string of the molecule is CCCNC(c1ccncc1F)C1CCOCC1. The number of rotatable bonds is 5. The quantitative estimate of drug-likeness (QED) is 0.875. The summed E-state index contributed by atoms with van der Waals surface area (Å²) in [6.07, 6.45) is 5.99. The molecule has 1 aliphatic heterocycles. The molecule has 1 atom stereocenters. The van der Waals surface area contributed by atoms with E-state index in [0.717, 1.165) is 44.6 Å². The first-order valence-electron chi connectivity index (χ1n) is 6.73. The van der Waals surface area contributed by atoms with Crippen LogP contribution in [0.2, 0.25) is 0 Å².